The van der Waals surface area contributed by atoms with Crippen LogP contribution in [-0.2, 0) is 4.79 Å². The Hall–Kier alpha value is -6.00. The van der Waals surface area contributed by atoms with Gasteiger partial charge in [0.15, 0.2) is 0 Å². The molecule has 0 bridgehead atoms. The summed E-state index contributed by atoms with van der Waals surface area (Å²) in [7, 11) is 5.64. The molecule has 0 spiro atoms. The number of carbonyl (C=O) groups excluding carboxylic acids is 1. The van der Waals surface area contributed by atoms with E-state index in [1.807, 2.05) is 117 Å². The standard InChI is InChI=1S/C37H35N7O3/c1-43(2)21-22-47-30-14-8-13-29(24-30)40-37-38-20-19-32(41-37)35-33-17-16-31(46-3)25-44(33)42-36(35)27-11-7-12-28(23-27)39-34(45)18-15-26-9-5-4-6-10-26/h4-20,23-25H,21-22H2,1-3H3,(H,39,45)(H,38,40,41)/b18-15+. The van der Waals surface area contributed by atoms with E-state index in [0.29, 0.717) is 35.4 Å². The summed E-state index contributed by atoms with van der Waals surface area (Å²) in [6, 6.07) is 30.7. The molecule has 47 heavy (non-hydrogen) atoms. The molecule has 3 heterocycles. The van der Waals surface area contributed by atoms with Gasteiger partial charge in [-0.3, -0.25) is 4.79 Å². The Morgan fingerprint density at radius 3 is 2.57 bits per heavy atom. The molecule has 2 N–H and O–H groups in total. The number of carbonyl (C=O) groups is 1. The first kappa shape index (κ1) is 31.0. The Bertz CT molecular complexity index is 2020. The number of methoxy groups -OCH3 is 1. The molecule has 3 aromatic carbocycles. The van der Waals surface area contributed by atoms with Crippen LogP contribution >= 0.6 is 0 Å². The van der Waals surface area contributed by atoms with Gasteiger partial charge in [0.2, 0.25) is 11.9 Å². The lowest BCUT2D eigenvalue weighted by atomic mass is 10.0. The minimum atomic E-state index is -0.232. The molecule has 0 aliphatic heterocycles. The van der Waals surface area contributed by atoms with Crippen molar-refractivity contribution in [3.05, 3.63) is 121 Å². The number of hydrogen-bond donors (Lipinski definition) is 2. The average molecular weight is 626 g/mol. The normalized spacial score (nSPS) is 11.2. The minimum absolute atomic E-state index is 0.232. The molecule has 0 aliphatic rings. The predicted molar refractivity (Wildman–Crippen MR) is 186 cm³/mol. The average Bonchev–Trinajstić information content (AvgIpc) is 3.47. The third kappa shape index (κ3) is 7.81. The van der Waals surface area contributed by atoms with Crippen LogP contribution in [0.25, 0.3) is 34.1 Å². The highest BCUT2D eigenvalue weighted by Crippen LogP contribution is 2.36. The highest BCUT2D eigenvalue weighted by atomic mass is 16.5. The molecule has 0 radical (unpaired) electrons. The summed E-state index contributed by atoms with van der Waals surface area (Å²) >= 11 is 0. The molecule has 236 valence electrons. The summed E-state index contributed by atoms with van der Waals surface area (Å²) in [4.78, 5) is 24.2. The molecule has 3 aromatic heterocycles. The number of hydrogen-bond acceptors (Lipinski definition) is 8. The van der Waals surface area contributed by atoms with Gasteiger partial charge in [-0.2, -0.15) is 5.10 Å². The van der Waals surface area contributed by atoms with E-state index in [1.165, 1.54) is 6.08 Å². The van der Waals surface area contributed by atoms with Crippen molar-refractivity contribution in [2.75, 3.05) is 45.0 Å². The van der Waals surface area contributed by atoms with Crippen molar-refractivity contribution in [1.82, 2.24) is 24.5 Å². The summed E-state index contributed by atoms with van der Waals surface area (Å²) in [5, 5.41) is 11.2. The highest BCUT2D eigenvalue weighted by Gasteiger charge is 2.19. The largest absolute Gasteiger partial charge is 0.495 e. The molecule has 0 saturated carbocycles. The molecule has 1 amide bonds. The molecular weight excluding hydrogens is 590 g/mol. The van der Waals surface area contributed by atoms with Gasteiger partial charge in [0.1, 0.15) is 23.8 Å². The van der Waals surface area contributed by atoms with Gasteiger partial charge in [-0.15, -0.1) is 0 Å². The molecular formula is C37H35N7O3. The summed E-state index contributed by atoms with van der Waals surface area (Å²) in [5.74, 6) is 1.62. The molecule has 6 aromatic rings. The second-order valence-electron chi connectivity index (χ2n) is 11.0. The Balaban J connectivity index is 1.31. The Morgan fingerprint density at radius 1 is 0.915 bits per heavy atom. The number of amides is 1. The van der Waals surface area contributed by atoms with Crippen LogP contribution < -0.4 is 20.1 Å². The molecule has 6 rings (SSSR count). The summed E-state index contributed by atoms with van der Waals surface area (Å²) in [6.45, 7) is 1.40. The zero-order valence-electron chi connectivity index (χ0n) is 26.4. The van der Waals surface area contributed by atoms with Gasteiger partial charge in [-0.25, -0.2) is 14.5 Å². The van der Waals surface area contributed by atoms with Crippen LogP contribution in [0.1, 0.15) is 5.56 Å². The lowest BCUT2D eigenvalue weighted by molar-refractivity contribution is -0.111. The third-order valence-corrected chi connectivity index (χ3v) is 7.28. The first-order valence-electron chi connectivity index (χ1n) is 15.1. The fourth-order valence-corrected chi connectivity index (χ4v) is 4.97. The smallest absolute Gasteiger partial charge is 0.248 e. The van der Waals surface area contributed by atoms with Crippen molar-refractivity contribution in [3.63, 3.8) is 0 Å². The van der Waals surface area contributed by atoms with Crippen molar-refractivity contribution in [3.8, 4) is 34.0 Å². The van der Waals surface area contributed by atoms with E-state index in [-0.39, 0.29) is 5.91 Å². The number of pyridine rings is 1. The van der Waals surface area contributed by atoms with Gasteiger partial charge in [0.25, 0.3) is 0 Å². The van der Waals surface area contributed by atoms with Crippen LogP contribution in [-0.4, -0.2) is 64.7 Å². The topological polar surface area (TPSA) is 106 Å². The second-order valence-corrected chi connectivity index (χ2v) is 11.0. The first-order valence-corrected chi connectivity index (χ1v) is 15.1. The van der Waals surface area contributed by atoms with Gasteiger partial charge < -0.3 is 25.0 Å². The van der Waals surface area contributed by atoms with Crippen molar-refractivity contribution in [2.45, 2.75) is 0 Å². The van der Waals surface area contributed by atoms with E-state index in [0.717, 1.165) is 40.2 Å². The predicted octanol–water partition coefficient (Wildman–Crippen LogP) is 6.80. The van der Waals surface area contributed by atoms with Gasteiger partial charge in [-0.1, -0.05) is 48.5 Å². The quantitative estimate of drug-likeness (QED) is 0.143. The van der Waals surface area contributed by atoms with Crippen LogP contribution in [0.2, 0.25) is 0 Å². The summed E-state index contributed by atoms with van der Waals surface area (Å²) in [6.07, 6.45) is 6.84. The molecule has 10 heteroatoms. The fourth-order valence-electron chi connectivity index (χ4n) is 4.97. The number of fused-ring (bicyclic) bond motifs is 1. The number of nitrogens with zero attached hydrogens (tertiary/aromatic N) is 5. The van der Waals surface area contributed by atoms with Crippen LogP contribution in [0.3, 0.4) is 0 Å². The summed E-state index contributed by atoms with van der Waals surface area (Å²) < 4.78 is 13.2. The maximum Gasteiger partial charge on any atom is 0.248 e. The Kier molecular flexibility index (Phi) is 9.50. The SMILES string of the molecule is COc1ccc2c(-c3ccnc(Nc4cccc(OCCN(C)C)c4)n3)c(-c3cccc(NC(=O)/C=C/c4ccccc4)c3)nn2c1. The van der Waals surface area contributed by atoms with Crippen LogP contribution in [0, 0.1) is 0 Å². The van der Waals surface area contributed by atoms with Crippen LogP contribution in [0.5, 0.6) is 11.5 Å². The van der Waals surface area contributed by atoms with E-state index in [2.05, 4.69) is 20.5 Å². The zero-order chi connectivity index (χ0) is 32.6. The lowest BCUT2D eigenvalue weighted by Gasteiger charge is -2.12. The number of likely N-dealkylation sites (N-methyl/N-ethyl adjacent to an activating group) is 1. The molecule has 10 nitrogen and oxygen atoms in total. The van der Waals surface area contributed by atoms with Gasteiger partial charge in [0, 0.05) is 41.8 Å². The van der Waals surface area contributed by atoms with Crippen LogP contribution in [0.15, 0.2) is 116 Å². The fraction of sp³-hybridized carbons (Fsp3) is 0.135. The molecule has 0 unspecified atom stereocenters. The van der Waals surface area contributed by atoms with E-state index in [1.54, 1.807) is 23.9 Å². The molecule has 0 fully saturated rings. The molecule has 0 aliphatic carbocycles. The van der Waals surface area contributed by atoms with Gasteiger partial charge in [-0.05, 0) is 68.2 Å². The van der Waals surface area contributed by atoms with Gasteiger partial charge >= 0.3 is 0 Å². The Morgan fingerprint density at radius 2 is 1.74 bits per heavy atom. The third-order valence-electron chi connectivity index (χ3n) is 7.28. The van der Waals surface area contributed by atoms with Gasteiger partial charge in [0.05, 0.1) is 30.1 Å². The molecule has 0 saturated heterocycles. The summed E-state index contributed by atoms with van der Waals surface area (Å²) in [5.41, 5.74) is 6.21. The van der Waals surface area contributed by atoms with E-state index in [4.69, 9.17) is 19.6 Å². The number of nitrogens with one attached hydrogen (secondary N) is 2. The van der Waals surface area contributed by atoms with E-state index >= 15 is 0 Å². The number of ether oxygens (including phenoxy) is 2. The first-order chi connectivity index (χ1) is 22.9. The van der Waals surface area contributed by atoms with Crippen LogP contribution in [0.4, 0.5) is 17.3 Å². The Labute approximate surface area is 273 Å². The maximum absolute atomic E-state index is 12.8. The van der Waals surface area contributed by atoms with Crippen molar-refractivity contribution in [2.24, 2.45) is 0 Å². The minimum Gasteiger partial charge on any atom is -0.495 e. The van der Waals surface area contributed by atoms with E-state index < -0.39 is 0 Å². The van der Waals surface area contributed by atoms with E-state index in [9.17, 15) is 4.79 Å². The van der Waals surface area contributed by atoms with Crippen molar-refractivity contribution in [1.29, 1.82) is 0 Å². The zero-order valence-corrected chi connectivity index (χ0v) is 26.4. The monoisotopic (exact) mass is 625 g/mol. The number of benzene rings is 3. The van der Waals surface area contributed by atoms with Crippen molar-refractivity contribution < 1.29 is 14.3 Å². The second kappa shape index (κ2) is 14.4. The lowest BCUT2D eigenvalue weighted by Crippen LogP contribution is -2.19. The highest BCUT2D eigenvalue weighted by molar-refractivity contribution is 6.02. The number of anilines is 3. The number of aromatic nitrogens is 4. The molecule has 0 atom stereocenters. The maximum atomic E-state index is 12.8. The van der Waals surface area contributed by atoms with Crippen molar-refractivity contribution >= 4 is 34.8 Å². The number of rotatable bonds is 12.